The maximum absolute atomic E-state index is 6.68. The van der Waals surface area contributed by atoms with Crippen LogP contribution in [0.4, 0.5) is 0 Å². The van der Waals surface area contributed by atoms with Crippen LogP contribution in [0.2, 0.25) is 0 Å². The molecule has 0 aliphatic carbocycles. The van der Waals surface area contributed by atoms with Crippen LogP contribution in [0.15, 0.2) is 146 Å². The molecule has 0 radical (unpaired) electrons. The summed E-state index contributed by atoms with van der Waals surface area (Å²) < 4.78 is 11.2. The van der Waals surface area contributed by atoms with Crippen LogP contribution in [-0.2, 0) is 21.1 Å². The van der Waals surface area contributed by atoms with E-state index in [0.29, 0.717) is 11.5 Å². The molecular weight excluding hydrogens is 892 g/mol. The Morgan fingerprint density at radius 2 is 1.21 bits per heavy atom. The van der Waals surface area contributed by atoms with E-state index in [2.05, 4.69) is 158 Å². The molecule has 11 aromatic rings. The largest absolute Gasteiger partial charge is 2.00 e. The summed E-state index contributed by atoms with van der Waals surface area (Å²) in [4.78, 5) is 10.00. The molecule has 0 atom stereocenters. The van der Waals surface area contributed by atoms with Crippen molar-refractivity contribution in [2.45, 2.75) is 27.7 Å². The second kappa shape index (κ2) is 13.8. The first-order valence-corrected chi connectivity index (χ1v) is 19.3. The molecule has 280 valence electrons. The van der Waals surface area contributed by atoms with Crippen LogP contribution in [0.5, 0.6) is 11.5 Å². The van der Waals surface area contributed by atoms with Crippen molar-refractivity contribution in [2.24, 2.45) is 0 Å². The fourth-order valence-electron chi connectivity index (χ4n) is 9.06. The zero-order valence-corrected chi connectivity index (χ0v) is 34.6. The fraction of sp³-hybridized carbons (Fsp3) is 0.0769. The molecule has 0 saturated carbocycles. The standard InChI is InChI=1S/C52H36N4O.Pt/c1-31-13-11-14-32(2)49(31)35-27-41-38-24-22-36(57-37-23-25-40-39-17-5-7-19-45(39)55(47(40)30-37)48-21-9-10-26-53-48)29-42(38)52-54-44-18-6-8-20-46(44)56(52)51(41)43(28-35)50-33(3)15-12-16-34(50)4;/h5-28H,1-4H3;/q-2;+2. The van der Waals surface area contributed by atoms with Crippen molar-refractivity contribution in [2.75, 3.05) is 0 Å². The number of benzene rings is 7. The van der Waals surface area contributed by atoms with E-state index in [-0.39, 0.29) is 21.1 Å². The minimum absolute atomic E-state index is 0. The zero-order valence-electron chi connectivity index (χ0n) is 32.4. The molecule has 0 aliphatic heterocycles. The summed E-state index contributed by atoms with van der Waals surface area (Å²) >= 11 is 0. The van der Waals surface area contributed by atoms with Crippen LogP contribution < -0.4 is 4.74 Å². The van der Waals surface area contributed by atoms with Crippen LogP contribution >= 0.6 is 0 Å². The summed E-state index contributed by atoms with van der Waals surface area (Å²) in [5.74, 6) is 2.02. The smallest absolute Gasteiger partial charge is 0.503 e. The number of aryl methyl sites for hydroxylation is 4. The molecule has 11 rings (SSSR count). The summed E-state index contributed by atoms with van der Waals surface area (Å²) in [7, 11) is 0. The predicted molar refractivity (Wildman–Crippen MR) is 234 cm³/mol. The maximum atomic E-state index is 6.68. The number of fused-ring (bicyclic) bond motifs is 11. The summed E-state index contributed by atoms with van der Waals surface area (Å²) in [6.45, 7) is 8.84. The Kier molecular flexibility index (Phi) is 8.54. The molecule has 0 unspecified atom stereocenters. The van der Waals surface area contributed by atoms with Gasteiger partial charge < -0.3 is 13.7 Å². The molecule has 0 spiro atoms. The molecule has 0 bridgehead atoms. The van der Waals surface area contributed by atoms with Gasteiger partial charge in [0.2, 0.25) is 0 Å². The zero-order chi connectivity index (χ0) is 38.4. The Hall–Kier alpha value is -6.55. The first-order chi connectivity index (χ1) is 27.9. The van der Waals surface area contributed by atoms with E-state index in [0.717, 1.165) is 66.0 Å². The minimum Gasteiger partial charge on any atom is -0.503 e. The first-order valence-electron chi connectivity index (χ1n) is 19.3. The summed E-state index contributed by atoms with van der Waals surface area (Å²) in [6.07, 6.45) is 1.82. The Morgan fingerprint density at radius 1 is 0.552 bits per heavy atom. The molecule has 0 aliphatic rings. The van der Waals surface area contributed by atoms with E-state index in [9.17, 15) is 0 Å². The van der Waals surface area contributed by atoms with Gasteiger partial charge in [-0.05, 0) is 114 Å². The third-order valence-corrected chi connectivity index (χ3v) is 11.5. The van der Waals surface area contributed by atoms with Crippen molar-refractivity contribution in [3.8, 4) is 39.6 Å². The molecule has 58 heavy (non-hydrogen) atoms. The van der Waals surface area contributed by atoms with Crippen LogP contribution in [0.25, 0.3) is 88.2 Å². The van der Waals surface area contributed by atoms with Gasteiger partial charge >= 0.3 is 21.1 Å². The van der Waals surface area contributed by atoms with E-state index in [1.165, 1.54) is 44.5 Å². The van der Waals surface area contributed by atoms with Crippen molar-refractivity contribution < 1.29 is 25.8 Å². The first kappa shape index (κ1) is 35.8. The van der Waals surface area contributed by atoms with Crippen molar-refractivity contribution >= 4 is 60.2 Å². The van der Waals surface area contributed by atoms with Crippen molar-refractivity contribution in [1.82, 2.24) is 18.9 Å². The molecule has 6 heteroatoms. The predicted octanol–water partition coefficient (Wildman–Crippen LogP) is 13.2. The molecule has 0 fully saturated rings. The molecule has 0 amide bonds. The third-order valence-electron chi connectivity index (χ3n) is 11.5. The SMILES string of the molecule is Cc1cccc(C)c1-c1cc(-c2c(C)cccc2C)c2c(c1)c1ccc(Oc3[c-]c4c(cc3)c3ccccc3n4-c3ccccn3)[c-]c1c1nc3ccccc3n12.[Pt+2]. The van der Waals surface area contributed by atoms with Gasteiger partial charge in [-0.25, -0.2) is 4.98 Å². The summed E-state index contributed by atoms with van der Waals surface area (Å²) in [5, 5.41) is 5.32. The monoisotopic (exact) mass is 927 g/mol. The second-order valence-electron chi connectivity index (χ2n) is 15.1. The number of para-hydroxylation sites is 3. The third kappa shape index (κ3) is 5.49. The normalized spacial score (nSPS) is 11.7. The average Bonchev–Trinajstić information content (AvgIpc) is 3.77. The Bertz CT molecular complexity index is 3390. The van der Waals surface area contributed by atoms with Gasteiger partial charge in [0.1, 0.15) is 5.82 Å². The number of hydrogen-bond acceptors (Lipinski definition) is 3. The van der Waals surface area contributed by atoms with Gasteiger partial charge in [0.05, 0.1) is 16.7 Å². The van der Waals surface area contributed by atoms with E-state index in [4.69, 9.17) is 14.7 Å². The molecular formula is C52H36N4OPt. The number of hydrogen-bond donors (Lipinski definition) is 0. The Balaban J connectivity index is 0.00000408. The van der Waals surface area contributed by atoms with Gasteiger partial charge in [0, 0.05) is 34.3 Å². The number of pyridine rings is 2. The van der Waals surface area contributed by atoms with Gasteiger partial charge in [-0.1, -0.05) is 101 Å². The Morgan fingerprint density at radius 3 is 1.95 bits per heavy atom. The van der Waals surface area contributed by atoms with E-state index < -0.39 is 0 Å². The Labute approximate surface area is 350 Å². The second-order valence-corrected chi connectivity index (χ2v) is 15.1. The van der Waals surface area contributed by atoms with Crippen molar-refractivity contribution in [3.05, 3.63) is 180 Å². The fourth-order valence-corrected chi connectivity index (χ4v) is 9.06. The van der Waals surface area contributed by atoms with E-state index in [1.807, 2.05) is 36.5 Å². The van der Waals surface area contributed by atoms with Gasteiger partial charge in [-0.2, -0.15) is 6.07 Å². The van der Waals surface area contributed by atoms with Crippen LogP contribution in [0.1, 0.15) is 22.3 Å². The van der Waals surface area contributed by atoms with Crippen molar-refractivity contribution in [3.63, 3.8) is 0 Å². The van der Waals surface area contributed by atoms with E-state index >= 15 is 0 Å². The molecule has 0 saturated heterocycles. The quantitative estimate of drug-likeness (QED) is 0.128. The molecule has 4 heterocycles. The van der Waals surface area contributed by atoms with Gasteiger partial charge in [-0.15, -0.1) is 29.7 Å². The van der Waals surface area contributed by atoms with Crippen LogP contribution in [-0.4, -0.2) is 18.9 Å². The molecule has 5 nitrogen and oxygen atoms in total. The molecule has 0 N–H and O–H groups in total. The van der Waals surface area contributed by atoms with E-state index in [1.54, 1.807) is 0 Å². The summed E-state index contributed by atoms with van der Waals surface area (Å²) in [5.41, 5.74) is 15.7. The molecule has 4 aromatic heterocycles. The molecule has 7 aromatic carbocycles. The van der Waals surface area contributed by atoms with Gasteiger partial charge in [0.25, 0.3) is 0 Å². The number of imidazole rings is 1. The number of ether oxygens (including phenoxy) is 1. The minimum atomic E-state index is 0. The topological polar surface area (TPSA) is 44.3 Å². The number of rotatable bonds is 5. The number of aromatic nitrogens is 4. The van der Waals surface area contributed by atoms with Crippen molar-refractivity contribution in [1.29, 1.82) is 0 Å². The van der Waals surface area contributed by atoms with Crippen LogP contribution in [0, 0.1) is 39.8 Å². The van der Waals surface area contributed by atoms with Crippen LogP contribution in [0.3, 0.4) is 0 Å². The average molecular weight is 928 g/mol. The van der Waals surface area contributed by atoms with Gasteiger partial charge in [0.15, 0.2) is 0 Å². The number of nitrogens with zero attached hydrogens (tertiary/aromatic N) is 4. The van der Waals surface area contributed by atoms with Gasteiger partial charge in [-0.3, -0.25) is 4.98 Å². The summed E-state index contributed by atoms with van der Waals surface area (Å²) in [6, 6.07) is 56.3. The maximum Gasteiger partial charge on any atom is 2.00 e.